The zero-order chi connectivity index (χ0) is 23.0. The Bertz CT molecular complexity index is 1460. The van der Waals surface area contributed by atoms with Gasteiger partial charge in [0.15, 0.2) is 0 Å². The van der Waals surface area contributed by atoms with Gasteiger partial charge in [-0.3, -0.25) is 0 Å². The van der Waals surface area contributed by atoms with Crippen LogP contribution in [0.2, 0.25) is 0 Å². The molecule has 5 rings (SSSR count). The van der Waals surface area contributed by atoms with E-state index in [0.717, 1.165) is 16.9 Å². The summed E-state index contributed by atoms with van der Waals surface area (Å²) in [6.45, 7) is 3.76. The Morgan fingerprint density at radius 3 is 2.58 bits per heavy atom. The van der Waals surface area contributed by atoms with Crippen LogP contribution >= 0.6 is 0 Å². The third-order valence-electron chi connectivity index (χ3n) is 5.80. The number of H-pyrrole nitrogens is 1. The fourth-order valence-electron chi connectivity index (χ4n) is 4.07. The number of nitrogens with zero attached hydrogens (tertiary/aromatic N) is 6. The van der Waals surface area contributed by atoms with Crippen LogP contribution in [0.4, 0.5) is 5.82 Å². The van der Waals surface area contributed by atoms with E-state index in [4.69, 9.17) is 0 Å². The van der Waals surface area contributed by atoms with Crippen LogP contribution in [0.3, 0.4) is 0 Å². The van der Waals surface area contributed by atoms with Gasteiger partial charge < -0.3 is 9.88 Å². The molecule has 0 saturated carbocycles. The molecular formula is C23H21N7O2S. The predicted octanol–water partition coefficient (Wildman–Crippen LogP) is 2.71. The van der Waals surface area contributed by atoms with E-state index in [2.05, 4.69) is 30.9 Å². The van der Waals surface area contributed by atoms with Crippen LogP contribution in [-0.4, -0.2) is 58.8 Å². The number of sulfonamides is 1. The fraction of sp³-hybridized carbons (Fsp3) is 0.217. The molecule has 0 atom stereocenters. The van der Waals surface area contributed by atoms with E-state index in [0.29, 0.717) is 53.4 Å². The lowest BCUT2D eigenvalue weighted by Gasteiger charge is -2.34. The summed E-state index contributed by atoms with van der Waals surface area (Å²) in [7, 11) is -3.51. The largest absolute Gasteiger partial charge is 0.354 e. The molecule has 0 spiro atoms. The second-order valence-corrected chi connectivity index (χ2v) is 9.81. The summed E-state index contributed by atoms with van der Waals surface area (Å²) < 4.78 is 27.5. The number of aryl methyl sites for hydroxylation is 1. The number of fused-ring (bicyclic) bond motifs is 1. The number of anilines is 1. The molecule has 9 nitrogen and oxygen atoms in total. The zero-order valence-corrected chi connectivity index (χ0v) is 18.7. The van der Waals surface area contributed by atoms with Crippen molar-refractivity contribution in [3.8, 4) is 17.3 Å². The maximum absolute atomic E-state index is 13.0. The highest BCUT2D eigenvalue weighted by Crippen LogP contribution is 2.28. The number of pyridine rings is 1. The number of aromatic amines is 1. The summed E-state index contributed by atoms with van der Waals surface area (Å²) in [5.74, 6) is 0.770. The average Bonchev–Trinajstić information content (AvgIpc) is 3.28. The van der Waals surface area contributed by atoms with Crippen LogP contribution in [0.15, 0.2) is 60.0 Å². The Balaban J connectivity index is 1.33. The summed E-state index contributed by atoms with van der Waals surface area (Å²) in [4.78, 5) is 18.5. The quantitative estimate of drug-likeness (QED) is 0.498. The van der Waals surface area contributed by atoms with Gasteiger partial charge in [-0.1, -0.05) is 12.1 Å². The number of nitriles is 1. The van der Waals surface area contributed by atoms with Gasteiger partial charge in [0.1, 0.15) is 23.9 Å². The van der Waals surface area contributed by atoms with Gasteiger partial charge in [0.2, 0.25) is 10.0 Å². The topological polar surface area (TPSA) is 119 Å². The smallest absolute Gasteiger partial charge is 0.243 e. The molecule has 4 aromatic rings. The maximum Gasteiger partial charge on any atom is 0.243 e. The molecule has 1 aromatic carbocycles. The van der Waals surface area contributed by atoms with Gasteiger partial charge in [0, 0.05) is 44.1 Å². The van der Waals surface area contributed by atoms with Crippen LogP contribution in [0.1, 0.15) is 11.1 Å². The Hall–Kier alpha value is -3.81. The first kappa shape index (κ1) is 21.1. The summed E-state index contributed by atoms with van der Waals surface area (Å²) in [6.07, 6.45) is 4.80. The molecule has 0 radical (unpaired) electrons. The van der Waals surface area contributed by atoms with Gasteiger partial charge in [-0.15, -0.1) is 0 Å². The van der Waals surface area contributed by atoms with Crippen molar-refractivity contribution in [2.45, 2.75) is 11.8 Å². The van der Waals surface area contributed by atoms with Crippen molar-refractivity contribution in [1.29, 1.82) is 5.26 Å². The second-order valence-electron chi connectivity index (χ2n) is 7.87. The number of nitrogens with one attached hydrogen (secondary N) is 1. The molecule has 4 heterocycles. The summed E-state index contributed by atoms with van der Waals surface area (Å²) in [5.41, 5.74) is 3.43. The third-order valence-corrected chi connectivity index (χ3v) is 7.70. The van der Waals surface area contributed by atoms with Crippen molar-refractivity contribution >= 4 is 26.9 Å². The van der Waals surface area contributed by atoms with Crippen LogP contribution in [0.25, 0.3) is 22.3 Å². The van der Waals surface area contributed by atoms with E-state index in [-0.39, 0.29) is 0 Å². The molecule has 1 N–H and O–H groups in total. The standard InChI is InChI=1S/C23H21N7O2S/c1-16-3-2-4-19(11-16)33(31,32)30-9-7-29(8-10-30)20-6-5-17(13-25-20)22-21-18(12-24)14-26-23(21)28-15-27-22/h2-6,11,13-15H,7-10H2,1H3,(H,26,27,28). The van der Waals surface area contributed by atoms with Crippen molar-refractivity contribution < 1.29 is 8.42 Å². The first-order valence-electron chi connectivity index (χ1n) is 10.5. The molecule has 3 aromatic heterocycles. The molecule has 0 unspecified atom stereocenters. The second kappa shape index (κ2) is 8.27. The molecule has 166 valence electrons. The van der Waals surface area contributed by atoms with Crippen molar-refractivity contribution in [2.75, 3.05) is 31.1 Å². The number of piperazine rings is 1. The highest BCUT2D eigenvalue weighted by atomic mass is 32.2. The first-order valence-corrected chi connectivity index (χ1v) is 11.9. The van der Waals surface area contributed by atoms with E-state index >= 15 is 0 Å². The van der Waals surface area contributed by atoms with Gasteiger partial charge in [0.25, 0.3) is 0 Å². The van der Waals surface area contributed by atoms with E-state index in [1.54, 1.807) is 30.6 Å². The molecule has 10 heteroatoms. The van der Waals surface area contributed by atoms with Crippen molar-refractivity contribution in [3.05, 3.63) is 66.2 Å². The predicted molar refractivity (Wildman–Crippen MR) is 124 cm³/mol. The van der Waals surface area contributed by atoms with Crippen molar-refractivity contribution in [1.82, 2.24) is 24.2 Å². The molecule has 0 amide bonds. The summed E-state index contributed by atoms with van der Waals surface area (Å²) in [5, 5.41) is 10.1. The molecule has 1 aliphatic heterocycles. The van der Waals surface area contributed by atoms with Crippen LogP contribution in [0.5, 0.6) is 0 Å². The van der Waals surface area contributed by atoms with Crippen LogP contribution in [0, 0.1) is 18.3 Å². The van der Waals surface area contributed by atoms with Gasteiger partial charge in [-0.25, -0.2) is 23.4 Å². The third kappa shape index (κ3) is 3.82. The van der Waals surface area contributed by atoms with Gasteiger partial charge in [-0.05, 0) is 36.8 Å². The minimum atomic E-state index is -3.51. The number of rotatable bonds is 4. The summed E-state index contributed by atoms with van der Waals surface area (Å²) in [6, 6.07) is 13.0. The zero-order valence-electron chi connectivity index (χ0n) is 17.9. The molecule has 1 fully saturated rings. The maximum atomic E-state index is 13.0. The van der Waals surface area contributed by atoms with E-state index in [1.165, 1.54) is 10.6 Å². The number of aromatic nitrogens is 4. The summed E-state index contributed by atoms with van der Waals surface area (Å²) >= 11 is 0. The molecule has 0 aliphatic carbocycles. The lowest BCUT2D eigenvalue weighted by atomic mass is 10.1. The molecule has 33 heavy (non-hydrogen) atoms. The molecule has 0 bridgehead atoms. The van der Waals surface area contributed by atoms with Crippen molar-refractivity contribution in [2.24, 2.45) is 0 Å². The van der Waals surface area contributed by atoms with E-state index in [1.807, 2.05) is 25.1 Å². The van der Waals surface area contributed by atoms with E-state index < -0.39 is 10.0 Å². The normalized spacial score (nSPS) is 15.0. The molecule has 1 aliphatic rings. The SMILES string of the molecule is Cc1cccc(S(=O)(=O)N2CCN(c3ccc(-c4ncnc5[nH]cc(C#N)c45)cn3)CC2)c1. The minimum Gasteiger partial charge on any atom is -0.354 e. The Morgan fingerprint density at radius 2 is 1.88 bits per heavy atom. The van der Waals surface area contributed by atoms with Gasteiger partial charge >= 0.3 is 0 Å². The fourth-order valence-corrected chi connectivity index (χ4v) is 5.59. The average molecular weight is 460 g/mol. The highest BCUT2D eigenvalue weighted by molar-refractivity contribution is 7.89. The first-order chi connectivity index (χ1) is 16.0. The number of hydrogen-bond donors (Lipinski definition) is 1. The number of hydrogen-bond acceptors (Lipinski definition) is 7. The Labute approximate surface area is 191 Å². The Morgan fingerprint density at radius 1 is 1.06 bits per heavy atom. The van der Waals surface area contributed by atoms with Crippen LogP contribution in [-0.2, 0) is 10.0 Å². The van der Waals surface area contributed by atoms with Crippen LogP contribution < -0.4 is 4.90 Å². The van der Waals surface area contributed by atoms with Gasteiger partial charge in [0.05, 0.1) is 21.5 Å². The van der Waals surface area contributed by atoms with Gasteiger partial charge in [-0.2, -0.15) is 9.57 Å². The monoisotopic (exact) mass is 459 g/mol. The Kier molecular flexibility index (Phi) is 5.28. The molecule has 1 saturated heterocycles. The highest BCUT2D eigenvalue weighted by Gasteiger charge is 2.29. The number of benzene rings is 1. The van der Waals surface area contributed by atoms with Crippen molar-refractivity contribution in [3.63, 3.8) is 0 Å². The van der Waals surface area contributed by atoms with E-state index in [9.17, 15) is 13.7 Å². The minimum absolute atomic E-state index is 0.330. The lowest BCUT2D eigenvalue weighted by molar-refractivity contribution is 0.384. The lowest BCUT2D eigenvalue weighted by Crippen LogP contribution is -2.48. The molecular weight excluding hydrogens is 438 g/mol.